The third-order valence-electron chi connectivity index (χ3n) is 1.56. The molecule has 0 spiro atoms. The first-order valence-corrected chi connectivity index (χ1v) is 5.86. The molecule has 0 radical (unpaired) electrons. The average Bonchev–Trinajstić information content (AvgIpc) is 1.85. The van der Waals surface area contributed by atoms with Crippen molar-refractivity contribution in [3.8, 4) is 0 Å². The fourth-order valence-electron chi connectivity index (χ4n) is 0.814. The van der Waals surface area contributed by atoms with Crippen molar-refractivity contribution in [3.05, 3.63) is 0 Å². The van der Waals surface area contributed by atoms with Gasteiger partial charge in [-0.05, 0) is 6.92 Å². The highest BCUT2D eigenvalue weighted by Crippen LogP contribution is 1.91. The summed E-state index contributed by atoms with van der Waals surface area (Å²) in [5.74, 6) is -0.0402. The Balaban J connectivity index is 3.98. The van der Waals surface area contributed by atoms with Gasteiger partial charge in [-0.15, -0.1) is 0 Å². The highest BCUT2D eigenvalue weighted by molar-refractivity contribution is 7.90. The zero-order chi connectivity index (χ0) is 9.78. The zero-order valence-electron chi connectivity index (χ0n) is 7.70. The monoisotopic (exact) mass is 193 g/mol. The highest BCUT2D eigenvalue weighted by Gasteiger charge is 2.09. The Kier molecular flexibility index (Phi) is 4.23. The minimum atomic E-state index is -2.96. The van der Waals surface area contributed by atoms with Crippen LogP contribution in [0.5, 0.6) is 0 Å². The van der Waals surface area contributed by atoms with Crippen LogP contribution in [0.3, 0.4) is 0 Å². The molecule has 0 unspecified atom stereocenters. The molecule has 0 saturated heterocycles. The van der Waals surface area contributed by atoms with Crippen LogP contribution in [-0.2, 0) is 14.6 Å². The van der Waals surface area contributed by atoms with Crippen LogP contribution in [0.15, 0.2) is 0 Å². The molecule has 0 aliphatic heterocycles. The maximum absolute atomic E-state index is 10.8. The second-order valence-corrected chi connectivity index (χ2v) is 4.99. The Morgan fingerprint density at radius 1 is 1.42 bits per heavy atom. The third-order valence-corrected chi connectivity index (χ3v) is 2.48. The lowest BCUT2D eigenvalue weighted by Crippen LogP contribution is -2.32. The van der Waals surface area contributed by atoms with E-state index in [2.05, 4.69) is 0 Å². The van der Waals surface area contributed by atoms with Gasteiger partial charge in [0.05, 0.1) is 5.75 Å². The normalized spacial score (nSPS) is 11.2. The molecule has 0 aromatic rings. The smallest absolute Gasteiger partial charge is 0.219 e. The van der Waals surface area contributed by atoms with Crippen LogP contribution in [0, 0.1) is 0 Å². The molecule has 1 amide bonds. The van der Waals surface area contributed by atoms with Gasteiger partial charge in [-0.3, -0.25) is 4.79 Å². The van der Waals surface area contributed by atoms with Crippen LogP contribution >= 0.6 is 0 Å². The molecule has 0 bridgehead atoms. The Hall–Kier alpha value is -0.580. The lowest BCUT2D eigenvalue weighted by molar-refractivity contribution is -0.128. The van der Waals surface area contributed by atoms with Crippen LogP contribution in [0.4, 0.5) is 0 Å². The Morgan fingerprint density at radius 3 is 2.17 bits per heavy atom. The molecule has 0 saturated carbocycles. The summed E-state index contributed by atoms with van der Waals surface area (Å²) in [6, 6.07) is 0. The van der Waals surface area contributed by atoms with E-state index in [1.54, 1.807) is 0 Å². The SMILES string of the molecule is CCN(CCS(C)(=O)=O)C(C)=O. The largest absolute Gasteiger partial charge is 0.342 e. The van der Waals surface area contributed by atoms with Crippen LogP contribution in [0.25, 0.3) is 0 Å². The van der Waals surface area contributed by atoms with Gasteiger partial charge >= 0.3 is 0 Å². The molecule has 4 nitrogen and oxygen atoms in total. The van der Waals surface area contributed by atoms with E-state index in [1.165, 1.54) is 18.1 Å². The number of rotatable bonds is 4. The van der Waals surface area contributed by atoms with Crippen molar-refractivity contribution in [1.29, 1.82) is 0 Å². The van der Waals surface area contributed by atoms with E-state index in [4.69, 9.17) is 0 Å². The van der Waals surface area contributed by atoms with Gasteiger partial charge < -0.3 is 4.90 Å². The van der Waals surface area contributed by atoms with Gasteiger partial charge in [-0.2, -0.15) is 0 Å². The van der Waals surface area contributed by atoms with Gasteiger partial charge in [0.15, 0.2) is 0 Å². The second kappa shape index (κ2) is 4.45. The lowest BCUT2D eigenvalue weighted by Gasteiger charge is -2.17. The summed E-state index contributed by atoms with van der Waals surface area (Å²) in [7, 11) is -2.96. The third kappa shape index (κ3) is 5.12. The molecule has 0 heterocycles. The van der Waals surface area contributed by atoms with Crippen LogP contribution < -0.4 is 0 Å². The summed E-state index contributed by atoms with van der Waals surface area (Å²) in [5, 5.41) is 0. The molecule has 5 heteroatoms. The van der Waals surface area contributed by atoms with Crippen molar-refractivity contribution in [2.75, 3.05) is 25.1 Å². The average molecular weight is 193 g/mol. The minimum Gasteiger partial charge on any atom is -0.342 e. The van der Waals surface area contributed by atoms with Crippen molar-refractivity contribution < 1.29 is 13.2 Å². The van der Waals surface area contributed by atoms with Crippen molar-refractivity contribution in [1.82, 2.24) is 4.90 Å². The quantitative estimate of drug-likeness (QED) is 0.626. The minimum absolute atomic E-state index is 0.0421. The van der Waals surface area contributed by atoms with Crippen molar-refractivity contribution in [2.24, 2.45) is 0 Å². The number of carbonyl (C=O) groups excluding carboxylic acids is 1. The summed E-state index contributed by atoms with van der Waals surface area (Å²) in [5.41, 5.74) is 0. The number of nitrogens with zero attached hydrogens (tertiary/aromatic N) is 1. The fourth-order valence-corrected chi connectivity index (χ4v) is 1.37. The van der Waals surface area contributed by atoms with Crippen molar-refractivity contribution in [3.63, 3.8) is 0 Å². The van der Waals surface area contributed by atoms with Gasteiger partial charge in [-0.1, -0.05) is 0 Å². The standard InChI is InChI=1S/C7H15NO3S/c1-4-8(7(2)9)5-6-12(3,10)11/h4-6H2,1-3H3. The summed E-state index contributed by atoms with van der Waals surface area (Å²) >= 11 is 0. The van der Waals surface area contributed by atoms with Gasteiger partial charge in [0.2, 0.25) is 5.91 Å². The Bertz CT molecular complexity index is 245. The summed E-state index contributed by atoms with van der Waals surface area (Å²) < 4.78 is 21.5. The van der Waals surface area contributed by atoms with E-state index < -0.39 is 9.84 Å². The molecular weight excluding hydrogens is 178 g/mol. The van der Waals surface area contributed by atoms with Crippen molar-refractivity contribution in [2.45, 2.75) is 13.8 Å². The van der Waals surface area contributed by atoms with E-state index in [0.717, 1.165) is 0 Å². The van der Waals surface area contributed by atoms with Crippen molar-refractivity contribution >= 4 is 15.7 Å². The molecule has 0 aromatic carbocycles. The Morgan fingerprint density at radius 2 is 1.92 bits per heavy atom. The molecule has 0 atom stereocenters. The van der Waals surface area contributed by atoms with Gasteiger partial charge in [0.1, 0.15) is 9.84 Å². The molecular formula is C7H15NO3S. The van der Waals surface area contributed by atoms with Crippen LogP contribution in [0.2, 0.25) is 0 Å². The second-order valence-electron chi connectivity index (χ2n) is 2.73. The molecule has 72 valence electrons. The highest BCUT2D eigenvalue weighted by atomic mass is 32.2. The predicted octanol–water partition coefficient (Wildman–Crippen LogP) is -0.101. The molecule has 0 rings (SSSR count). The van der Waals surface area contributed by atoms with Gasteiger partial charge in [0, 0.05) is 26.3 Å². The molecule has 12 heavy (non-hydrogen) atoms. The van der Waals surface area contributed by atoms with E-state index in [9.17, 15) is 13.2 Å². The maximum atomic E-state index is 10.8. The topological polar surface area (TPSA) is 54.5 Å². The fraction of sp³-hybridized carbons (Fsp3) is 0.857. The number of sulfone groups is 1. The lowest BCUT2D eigenvalue weighted by atomic mass is 10.5. The first-order chi connectivity index (χ1) is 5.37. The van der Waals surface area contributed by atoms with Gasteiger partial charge in [-0.25, -0.2) is 8.42 Å². The first-order valence-electron chi connectivity index (χ1n) is 3.80. The van der Waals surface area contributed by atoms with Gasteiger partial charge in [0.25, 0.3) is 0 Å². The number of hydrogen-bond acceptors (Lipinski definition) is 3. The Labute approximate surface area is 73.5 Å². The number of carbonyl (C=O) groups is 1. The number of hydrogen-bond donors (Lipinski definition) is 0. The first kappa shape index (κ1) is 11.4. The molecule has 0 fully saturated rings. The van der Waals surface area contributed by atoms with Crippen LogP contribution in [-0.4, -0.2) is 44.3 Å². The zero-order valence-corrected chi connectivity index (χ0v) is 8.52. The molecule has 0 aliphatic rings. The molecule has 0 aliphatic carbocycles. The van der Waals surface area contributed by atoms with E-state index in [-0.39, 0.29) is 11.7 Å². The molecule has 0 aromatic heterocycles. The summed E-state index contributed by atoms with van der Waals surface area (Å²) in [6.45, 7) is 4.12. The molecule has 0 N–H and O–H groups in total. The van der Waals surface area contributed by atoms with Crippen LogP contribution in [0.1, 0.15) is 13.8 Å². The maximum Gasteiger partial charge on any atom is 0.219 e. The summed E-state index contributed by atoms with van der Waals surface area (Å²) in [6.07, 6.45) is 1.17. The number of amides is 1. The predicted molar refractivity (Wildman–Crippen MR) is 47.6 cm³/mol. The summed E-state index contributed by atoms with van der Waals surface area (Å²) in [4.78, 5) is 12.3. The van der Waals surface area contributed by atoms with E-state index in [0.29, 0.717) is 13.1 Å². The van der Waals surface area contributed by atoms with E-state index in [1.807, 2.05) is 6.92 Å². The van der Waals surface area contributed by atoms with E-state index >= 15 is 0 Å².